The summed E-state index contributed by atoms with van der Waals surface area (Å²) in [6.07, 6.45) is 1.62. The first kappa shape index (κ1) is 19.2. The van der Waals surface area contributed by atoms with Crippen molar-refractivity contribution >= 4 is 29.1 Å². The lowest BCUT2D eigenvalue weighted by molar-refractivity contribution is -0.139. The number of hydrogen-bond acceptors (Lipinski definition) is 3. The summed E-state index contributed by atoms with van der Waals surface area (Å²) in [5, 5.41) is 11.3. The molecule has 4 nitrogen and oxygen atoms in total. The van der Waals surface area contributed by atoms with Crippen LogP contribution in [0.3, 0.4) is 0 Å². The van der Waals surface area contributed by atoms with E-state index in [0.29, 0.717) is 23.6 Å². The molecule has 27 heavy (non-hydrogen) atoms. The van der Waals surface area contributed by atoms with Gasteiger partial charge in [-0.15, -0.1) is 0 Å². The minimum Gasteiger partial charge on any atom is -0.507 e. The molecule has 2 aromatic carbocycles. The van der Waals surface area contributed by atoms with E-state index in [1.165, 1.54) is 5.56 Å². The molecule has 0 spiro atoms. The molecule has 1 heterocycles. The van der Waals surface area contributed by atoms with Crippen molar-refractivity contribution in [1.82, 2.24) is 4.90 Å². The summed E-state index contributed by atoms with van der Waals surface area (Å²) in [7, 11) is 0. The van der Waals surface area contributed by atoms with Gasteiger partial charge in [0.25, 0.3) is 11.7 Å². The molecule has 1 amide bonds. The number of carbonyl (C=O) groups excluding carboxylic acids is 2. The maximum atomic E-state index is 12.8. The zero-order valence-electron chi connectivity index (χ0n) is 15.4. The third-order valence-corrected chi connectivity index (χ3v) is 5.04. The van der Waals surface area contributed by atoms with Gasteiger partial charge >= 0.3 is 0 Å². The highest BCUT2D eigenvalue weighted by molar-refractivity contribution is 6.46. The van der Waals surface area contributed by atoms with Crippen molar-refractivity contribution in [2.45, 2.75) is 32.7 Å². The molecule has 0 bridgehead atoms. The molecule has 0 saturated carbocycles. The maximum Gasteiger partial charge on any atom is 0.295 e. The van der Waals surface area contributed by atoms with Crippen LogP contribution in [0.25, 0.3) is 5.76 Å². The van der Waals surface area contributed by atoms with Crippen LogP contribution in [-0.2, 0) is 16.0 Å². The Balaban J connectivity index is 2.17. The van der Waals surface area contributed by atoms with Gasteiger partial charge in [0.2, 0.25) is 0 Å². The Morgan fingerprint density at radius 3 is 2.41 bits per heavy atom. The lowest BCUT2D eigenvalue weighted by Gasteiger charge is -2.25. The minimum atomic E-state index is -0.662. The van der Waals surface area contributed by atoms with Crippen LogP contribution in [0.4, 0.5) is 0 Å². The van der Waals surface area contributed by atoms with Gasteiger partial charge in [0.1, 0.15) is 5.76 Å². The molecule has 5 heteroatoms. The van der Waals surface area contributed by atoms with Gasteiger partial charge in [-0.25, -0.2) is 0 Å². The molecular weight excluding hydrogens is 362 g/mol. The number of benzene rings is 2. The minimum absolute atomic E-state index is 0.111. The van der Waals surface area contributed by atoms with Crippen molar-refractivity contribution < 1.29 is 14.7 Å². The number of aryl methyl sites for hydroxylation is 1. The Morgan fingerprint density at radius 1 is 1.11 bits per heavy atom. The van der Waals surface area contributed by atoms with Gasteiger partial charge in [0.15, 0.2) is 0 Å². The largest absolute Gasteiger partial charge is 0.507 e. The van der Waals surface area contributed by atoms with E-state index >= 15 is 0 Å². The van der Waals surface area contributed by atoms with Gasteiger partial charge in [-0.1, -0.05) is 61.8 Å². The smallest absolute Gasteiger partial charge is 0.295 e. The summed E-state index contributed by atoms with van der Waals surface area (Å²) in [6.45, 7) is 4.46. The Bertz CT molecular complexity index is 902. The van der Waals surface area contributed by atoms with Crippen LogP contribution < -0.4 is 0 Å². The quantitative estimate of drug-likeness (QED) is 0.461. The Kier molecular flexibility index (Phi) is 5.66. The van der Waals surface area contributed by atoms with Crippen molar-refractivity contribution in [3.63, 3.8) is 0 Å². The molecule has 0 aromatic heterocycles. The van der Waals surface area contributed by atoms with E-state index in [0.717, 1.165) is 12.0 Å². The average molecular weight is 384 g/mol. The van der Waals surface area contributed by atoms with Crippen LogP contribution in [0.5, 0.6) is 0 Å². The van der Waals surface area contributed by atoms with Gasteiger partial charge < -0.3 is 10.0 Å². The van der Waals surface area contributed by atoms with E-state index in [2.05, 4.69) is 6.92 Å². The number of rotatable bonds is 5. The van der Waals surface area contributed by atoms with Crippen molar-refractivity contribution in [3.8, 4) is 0 Å². The number of halogens is 1. The van der Waals surface area contributed by atoms with Gasteiger partial charge in [-0.05, 0) is 36.1 Å². The molecule has 2 aromatic rings. The zero-order valence-corrected chi connectivity index (χ0v) is 16.2. The second-order valence-electron chi connectivity index (χ2n) is 6.60. The van der Waals surface area contributed by atoms with Gasteiger partial charge in [-0.2, -0.15) is 0 Å². The average Bonchev–Trinajstić information content (AvgIpc) is 2.93. The molecule has 1 unspecified atom stereocenters. The monoisotopic (exact) mass is 383 g/mol. The summed E-state index contributed by atoms with van der Waals surface area (Å²) >= 11 is 6.03. The van der Waals surface area contributed by atoms with Crippen LogP contribution in [-0.4, -0.2) is 28.2 Å². The number of aliphatic hydroxyl groups is 1. The third kappa shape index (κ3) is 3.62. The number of aliphatic hydroxyl groups excluding tert-OH is 1. The summed E-state index contributed by atoms with van der Waals surface area (Å²) in [6, 6.07) is 13.9. The molecular formula is C22H22ClNO3. The van der Waals surface area contributed by atoms with Gasteiger partial charge in [0.05, 0.1) is 11.6 Å². The molecule has 1 atom stereocenters. The number of ketones is 1. The number of Topliss-reactive ketones (excluding diaryl/α,β-unsaturated/α-hetero) is 1. The highest BCUT2D eigenvalue weighted by Gasteiger charge is 2.45. The van der Waals surface area contributed by atoms with Crippen molar-refractivity contribution in [2.75, 3.05) is 6.54 Å². The Hall–Kier alpha value is -2.59. The third-order valence-electron chi connectivity index (χ3n) is 4.81. The number of hydrogen-bond donors (Lipinski definition) is 1. The molecule has 1 aliphatic heterocycles. The molecule has 1 saturated heterocycles. The van der Waals surface area contributed by atoms with E-state index in [4.69, 9.17) is 11.6 Å². The predicted molar refractivity (Wildman–Crippen MR) is 107 cm³/mol. The van der Waals surface area contributed by atoms with Crippen LogP contribution in [0.2, 0.25) is 5.02 Å². The second kappa shape index (κ2) is 7.97. The highest BCUT2D eigenvalue weighted by Crippen LogP contribution is 2.39. The molecule has 0 radical (unpaired) electrons. The first-order chi connectivity index (χ1) is 13.0. The molecule has 140 valence electrons. The maximum absolute atomic E-state index is 12.8. The zero-order chi connectivity index (χ0) is 19.6. The van der Waals surface area contributed by atoms with Gasteiger partial charge in [0, 0.05) is 17.1 Å². The van der Waals surface area contributed by atoms with Crippen molar-refractivity contribution in [3.05, 3.63) is 75.8 Å². The second-order valence-corrected chi connectivity index (χ2v) is 7.03. The summed E-state index contributed by atoms with van der Waals surface area (Å²) in [4.78, 5) is 26.9. The van der Waals surface area contributed by atoms with Crippen LogP contribution in [0.15, 0.2) is 54.1 Å². The molecule has 1 aliphatic rings. The fraction of sp³-hybridized carbons (Fsp3) is 0.273. The fourth-order valence-corrected chi connectivity index (χ4v) is 3.62. The van der Waals surface area contributed by atoms with Crippen LogP contribution >= 0.6 is 11.6 Å². The first-order valence-corrected chi connectivity index (χ1v) is 9.48. The topological polar surface area (TPSA) is 57.6 Å². The number of likely N-dealkylation sites (tertiary alicyclic amines) is 1. The van der Waals surface area contributed by atoms with Gasteiger partial charge in [-0.3, -0.25) is 9.59 Å². The van der Waals surface area contributed by atoms with Crippen LogP contribution in [0.1, 0.15) is 43.0 Å². The van der Waals surface area contributed by atoms with E-state index in [1.807, 2.05) is 31.2 Å². The Morgan fingerprint density at radius 2 is 1.81 bits per heavy atom. The van der Waals surface area contributed by atoms with Crippen molar-refractivity contribution in [1.29, 1.82) is 0 Å². The summed E-state index contributed by atoms with van der Waals surface area (Å²) in [5.41, 5.74) is 2.51. The number of nitrogens with zero attached hydrogens (tertiary/aromatic N) is 1. The molecule has 3 rings (SSSR count). The molecule has 0 aliphatic carbocycles. The molecule has 1 fully saturated rings. The Labute approximate surface area is 164 Å². The predicted octanol–water partition coefficient (Wildman–Crippen LogP) is 4.73. The van der Waals surface area contributed by atoms with E-state index in [9.17, 15) is 14.7 Å². The van der Waals surface area contributed by atoms with Crippen LogP contribution in [0, 0.1) is 0 Å². The normalized spacial score (nSPS) is 18.9. The lowest BCUT2D eigenvalue weighted by atomic mass is 9.94. The first-order valence-electron chi connectivity index (χ1n) is 9.11. The summed E-state index contributed by atoms with van der Waals surface area (Å²) < 4.78 is 0. The number of amides is 1. The summed E-state index contributed by atoms with van der Waals surface area (Å²) in [5.74, 6) is -1.44. The standard InChI is InChI=1S/C22H22ClNO3/c1-3-12-24-19(15-10-8-14(4-2)9-11-15)18(21(26)22(24)27)20(25)16-6-5-7-17(23)13-16/h5-11,13,19,25H,3-4,12H2,1-2H3/b20-18-. The molecule has 1 N–H and O–H groups in total. The van der Waals surface area contributed by atoms with E-state index in [1.54, 1.807) is 29.2 Å². The SMILES string of the molecule is CCCN1C(=O)C(=O)/C(=C(\O)c2cccc(Cl)c2)C1c1ccc(CC)cc1. The van der Waals surface area contributed by atoms with E-state index < -0.39 is 17.7 Å². The highest BCUT2D eigenvalue weighted by atomic mass is 35.5. The number of carbonyl (C=O) groups is 2. The fourth-order valence-electron chi connectivity index (χ4n) is 3.43. The lowest BCUT2D eigenvalue weighted by Crippen LogP contribution is -2.30. The van der Waals surface area contributed by atoms with E-state index in [-0.39, 0.29) is 11.3 Å². The van der Waals surface area contributed by atoms with Crippen molar-refractivity contribution in [2.24, 2.45) is 0 Å².